The van der Waals surface area contributed by atoms with E-state index in [1.54, 1.807) is 6.33 Å². The van der Waals surface area contributed by atoms with E-state index >= 15 is 0 Å². The molecule has 0 saturated heterocycles. The third-order valence-electron chi connectivity index (χ3n) is 6.13. The predicted octanol–water partition coefficient (Wildman–Crippen LogP) is 4.77. The smallest absolute Gasteiger partial charge is 0.182 e. The number of hydrogen-bond donors (Lipinski definition) is 2. The zero-order chi connectivity index (χ0) is 21.8. The molecular weight excluding hydrogens is 448 g/mol. The largest absolute Gasteiger partial charge is 0.481 e. The van der Waals surface area contributed by atoms with Crippen LogP contribution in [0.25, 0.3) is 21.5 Å². The van der Waals surface area contributed by atoms with Gasteiger partial charge in [0.15, 0.2) is 11.9 Å². The highest BCUT2D eigenvalue weighted by molar-refractivity contribution is 7.19. The van der Waals surface area contributed by atoms with Crippen molar-refractivity contribution in [3.8, 4) is 17.0 Å². The van der Waals surface area contributed by atoms with E-state index in [1.807, 2.05) is 25.1 Å². The van der Waals surface area contributed by atoms with Crippen LogP contribution in [-0.2, 0) is 19.4 Å². The van der Waals surface area contributed by atoms with Crippen LogP contribution in [-0.4, -0.2) is 26.8 Å². The van der Waals surface area contributed by atoms with Gasteiger partial charge in [-0.25, -0.2) is 9.97 Å². The van der Waals surface area contributed by atoms with E-state index in [4.69, 9.17) is 20.9 Å². The highest BCUT2D eigenvalue weighted by atomic mass is 35.5. The Kier molecular flexibility index (Phi) is 4.91. The van der Waals surface area contributed by atoms with Crippen LogP contribution in [0.4, 0.5) is 0 Å². The molecule has 1 aromatic carbocycles. The Morgan fingerprint density at radius 1 is 1.31 bits per heavy atom. The van der Waals surface area contributed by atoms with Gasteiger partial charge in [0.2, 0.25) is 0 Å². The first-order valence-corrected chi connectivity index (χ1v) is 11.9. The Bertz CT molecular complexity index is 1330. The minimum atomic E-state index is -0.515. The van der Waals surface area contributed by atoms with E-state index in [-0.39, 0.29) is 6.10 Å². The molecule has 0 spiro atoms. The zero-order valence-electron chi connectivity index (χ0n) is 17.4. The zero-order valence-corrected chi connectivity index (χ0v) is 19.0. The van der Waals surface area contributed by atoms with Gasteiger partial charge in [-0.2, -0.15) is 0 Å². The van der Waals surface area contributed by atoms with Crippen LogP contribution in [0.1, 0.15) is 53.0 Å². The number of rotatable bonds is 4. The third kappa shape index (κ3) is 3.21. The van der Waals surface area contributed by atoms with Gasteiger partial charge in [-0.05, 0) is 24.6 Å². The average Bonchev–Trinajstić information content (AvgIpc) is 3.53. The molecule has 6 rings (SSSR count). The molecule has 2 N–H and O–H groups in total. The summed E-state index contributed by atoms with van der Waals surface area (Å²) >= 11 is 8.02. The second-order valence-corrected chi connectivity index (χ2v) is 9.68. The number of hydrogen-bond acceptors (Lipinski definition) is 8. The number of ether oxygens (including phenoxy) is 1. The number of aromatic nitrogens is 3. The number of aliphatic hydroxyl groups is 1. The molecule has 1 unspecified atom stereocenters. The van der Waals surface area contributed by atoms with Crippen LogP contribution in [0.2, 0.25) is 5.02 Å². The lowest BCUT2D eigenvalue weighted by atomic mass is 10.0. The van der Waals surface area contributed by atoms with Gasteiger partial charge in [0, 0.05) is 52.5 Å². The van der Waals surface area contributed by atoms with Gasteiger partial charge in [-0.1, -0.05) is 23.7 Å². The maximum atomic E-state index is 10.3. The van der Waals surface area contributed by atoms with E-state index in [0.717, 1.165) is 74.2 Å². The molecule has 0 saturated carbocycles. The van der Waals surface area contributed by atoms with Crippen LogP contribution in [0.5, 0.6) is 5.75 Å². The van der Waals surface area contributed by atoms with Crippen molar-refractivity contribution in [2.45, 2.75) is 44.9 Å². The fourth-order valence-electron chi connectivity index (χ4n) is 4.49. The summed E-state index contributed by atoms with van der Waals surface area (Å²) < 4.78 is 13.1. The van der Waals surface area contributed by atoms with Gasteiger partial charge >= 0.3 is 0 Å². The summed E-state index contributed by atoms with van der Waals surface area (Å²) in [6.45, 7) is 3.60. The van der Waals surface area contributed by atoms with E-state index < -0.39 is 6.10 Å². The van der Waals surface area contributed by atoms with Gasteiger partial charge in [0.1, 0.15) is 12.1 Å². The topological polar surface area (TPSA) is 93.3 Å². The number of aliphatic hydroxyl groups excluding tert-OH is 1. The quantitative estimate of drug-likeness (QED) is 0.445. The highest BCUT2D eigenvalue weighted by Gasteiger charge is 2.34. The second-order valence-electron chi connectivity index (χ2n) is 8.16. The minimum Gasteiger partial charge on any atom is -0.481 e. The average molecular weight is 469 g/mol. The number of benzene rings is 1. The number of fused-ring (bicyclic) bond motifs is 3. The Balaban J connectivity index is 1.44. The predicted molar refractivity (Wildman–Crippen MR) is 122 cm³/mol. The molecule has 0 fully saturated rings. The second kappa shape index (κ2) is 7.81. The SMILES string of the molecule is CCC(O)c1cc2ncnc(-c3cc(Cl)cc4c3O[C@@H](c3onc5c3CNCC5)C4)c2s1. The molecule has 2 aliphatic rings. The number of nitrogens with one attached hydrogen (secondary N) is 1. The van der Waals surface area contributed by atoms with Crippen LogP contribution in [0.15, 0.2) is 29.0 Å². The fourth-order valence-corrected chi connectivity index (χ4v) is 5.92. The van der Waals surface area contributed by atoms with E-state index in [2.05, 4.69) is 20.4 Å². The molecule has 0 amide bonds. The van der Waals surface area contributed by atoms with Crippen molar-refractivity contribution in [3.05, 3.63) is 57.0 Å². The lowest BCUT2D eigenvalue weighted by molar-refractivity contribution is 0.177. The highest BCUT2D eigenvalue weighted by Crippen LogP contribution is 2.47. The number of thiophene rings is 1. The van der Waals surface area contributed by atoms with Gasteiger partial charge in [0.05, 0.1) is 27.7 Å². The molecule has 5 heterocycles. The molecule has 7 nitrogen and oxygen atoms in total. The molecular formula is C23H21ClN4O3S. The fraction of sp³-hybridized carbons (Fsp3) is 0.348. The molecule has 164 valence electrons. The van der Waals surface area contributed by atoms with Gasteiger partial charge in [0.25, 0.3) is 0 Å². The molecule has 0 radical (unpaired) electrons. The van der Waals surface area contributed by atoms with Crippen LogP contribution in [0, 0.1) is 0 Å². The first-order valence-electron chi connectivity index (χ1n) is 10.7. The van der Waals surface area contributed by atoms with Crippen molar-refractivity contribution in [2.24, 2.45) is 0 Å². The standard InChI is InChI=1S/C23H21ClN4O3S/c1-2-17(29)19-8-16-23(32-19)20(27-10-26-16)13-7-12(24)5-11-6-18(30-21(11)13)22-14-9-25-4-3-15(14)28-31-22/h5,7-8,10,17-18,25,29H,2-4,6,9H2,1H3/t17?,18-/m1/s1. The van der Waals surface area contributed by atoms with Crippen molar-refractivity contribution in [1.82, 2.24) is 20.4 Å². The maximum absolute atomic E-state index is 10.3. The molecule has 3 aromatic heterocycles. The van der Waals surface area contributed by atoms with Crippen molar-refractivity contribution >= 4 is 33.2 Å². The Labute approximate surface area is 193 Å². The van der Waals surface area contributed by atoms with E-state index in [9.17, 15) is 5.11 Å². The molecule has 9 heteroatoms. The van der Waals surface area contributed by atoms with Crippen molar-refractivity contribution in [1.29, 1.82) is 0 Å². The Morgan fingerprint density at radius 2 is 2.22 bits per heavy atom. The van der Waals surface area contributed by atoms with Crippen molar-refractivity contribution in [3.63, 3.8) is 0 Å². The van der Waals surface area contributed by atoms with Gasteiger partial charge in [-0.3, -0.25) is 0 Å². The summed E-state index contributed by atoms with van der Waals surface area (Å²) in [5, 5.41) is 18.6. The van der Waals surface area contributed by atoms with Crippen molar-refractivity contribution < 1.29 is 14.4 Å². The first kappa shape index (κ1) is 20.1. The van der Waals surface area contributed by atoms with E-state index in [0.29, 0.717) is 17.9 Å². The summed E-state index contributed by atoms with van der Waals surface area (Å²) in [4.78, 5) is 9.87. The maximum Gasteiger partial charge on any atom is 0.182 e. The molecule has 0 aliphatic carbocycles. The first-order chi connectivity index (χ1) is 15.6. The molecule has 32 heavy (non-hydrogen) atoms. The number of halogens is 1. The number of nitrogens with zero attached hydrogens (tertiary/aromatic N) is 3. The summed E-state index contributed by atoms with van der Waals surface area (Å²) in [6.07, 6.45) is 2.94. The molecule has 0 bridgehead atoms. The molecule has 2 atom stereocenters. The normalized spacial score (nSPS) is 18.4. The summed E-state index contributed by atoms with van der Waals surface area (Å²) in [7, 11) is 0. The van der Waals surface area contributed by atoms with Gasteiger partial charge in [-0.15, -0.1) is 11.3 Å². The monoisotopic (exact) mass is 468 g/mol. The summed E-state index contributed by atoms with van der Waals surface area (Å²) in [6, 6.07) is 5.76. The Morgan fingerprint density at radius 3 is 3.09 bits per heavy atom. The molecule has 4 aromatic rings. The Hall–Kier alpha value is -2.52. The van der Waals surface area contributed by atoms with Crippen LogP contribution >= 0.6 is 22.9 Å². The third-order valence-corrected chi connectivity index (χ3v) is 7.58. The minimum absolute atomic E-state index is 0.253. The summed E-state index contributed by atoms with van der Waals surface area (Å²) in [5.41, 5.74) is 5.52. The van der Waals surface area contributed by atoms with Crippen LogP contribution in [0.3, 0.4) is 0 Å². The van der Waals surface area contributed by atoms with Crippen LogP contribution < -0.4 is 10.1 Å². The van der Waals surface area contributed by atoms with Crippen molar-refractivity contribution in [2.75, 3.05) is 6.54 Å². The molecule has 2 aliphatic heterocycles. The van der Waals surface area contributed by atoms with E-state index in [1.165, 1.54) is 11.3 Å². The summed E-state index contributed by atoms with van der Waals surface area (Å²) in [5.74, 6) is 1.54. The lowest BCUT2D eigenvalue weighted by Crippen LogP contribution is -2.24. The lowest BCUT2D eigenvalue weighted by Gasteiger charge is -2.14. The van der Waals surface area contributed by atoms with Gasteiger partial charge < -0.3 is 19.7 Å².